The van der Waals surface area contributed by atoms with Gasteiger partial charge in [0.15, 0.2) is 17.3 Å². The van der Waals surface area contributed by atoms with E-state index in [1.165, 1.54) is 20.3 Å². The van der Waals surface area contributed by atoms with E-state index in [-0.39, 0.29) is 41.1 Å². The highest BCUT2D eigenvalue weighted by molar-refractivity contribution is 6.04. The second kappa shape index (κ2) is 6.68. The number of carbonyl (C=O) groups excluding carboxylic acids is 1. The van der Waals surface area contributed by atoms with Crippen LogP contribution in [-0.4, -0.2) is 50.0 Å². The topological polar surface area (TPSA) is 94.5 Å². The van der Waals surface area contributed by atoms with Gasteiger partial charge in [-0.05, 0) is 12.2 Å². The monoisotopic (exact) mass is 348 g/mol. The Morgan fingerprint density at radius 3 is 2.40 bits per heavy atom. The van der Waals surface area contributed by atoms with Gasteiger partial charge in [0, 0.05) is 25.2 Å². The van der Waals surface area contributed by atoms with Gasteiger partial charge in [-0.15, -0.1) is 0 Å². The van der Waals surface area contributed by atoms with Crippen molar-refractivity contribution in [1.82, 2.24) is 0 Å². The summed E-state index contributed by atoms with van der Waals surface area (Å²) in [6, 6.07) is 2.44. The van der Waals surface area contributed by atoms with E-state index in [0.717, 1.165) is 6.07 Å². The molecule has 1 heterocycles. The molecule has 1 aliphatic carbocycles. The van der Waals surface area contributed by atoms with Crippen molar-refractivity contribution in [2.75, 3.05) is 27.9 Å². The second-order valence-corrected chi connectivity index (χ2v) is 5.87. The zero-order chi connectivity index (χ0) is 18.1. The Bertz CT molecular complexity index is 750. The molecule has 0 amide bonds. The average molecular weight is 348 g/mol. The lowest BCUT2D eigenvalue weighted by Crippen LogP contribution is -2.40. The number of fused-ring (bicyclic) bond motifs is 1. The fraction of sp³-hybridized carbons (Fsp3) is 0.389. The van der Waals surface area contributed by atoms with Gasteiger partial charge in [-0.1, -0.05) is 0 Å². The molecule has 0 bridgehead atoms. The Morgan fingerprint density at radius 1 is 1.08 bits per heavy atom. The highest BCUT2D eigenvalue weighted by Gasteiger charge is 2.41. The highest BCUT2D eigenvalue weighted by atomic mass is 16.5. The molecule has 134 valence electrons. The summed E-state index contributed by atoms with van der Waals surface area (Å²) >= 11 is 0. The number of phenols is 2. The number of benzene rings is 1. The molecule has 1 aromatic rings. The Labute approximate surface area is 145 Å². The van der Waals surface area contributed by atoms with Crippen molar-refractivity contribution in [3.8, 4) is 17.2 Å². The highest BCUT2D eigenvalue weighted by Crippen LogP contribution is 2.41. The molecule has 0 fully saturated rings. The van der Waals surface area contributed by atoms with Crippen molar-refractivity contribution < 1.29 is 34.0 Å². The van der Waals surface area contributed by atoms with Crippen LogP contribution in [0.4, 0.5) is 0 Å². The summed E-state index contributed by atoms with van der Waals surface area (Å²) in [4.78, 5) is 13.0. The lowest BCUT2D eigenvalue weighted by molar-refractivity contribution is 0.0436. The Kier molecular flexibility index (Phi) is 4.59. The lowest BCUT2D eigenvalue weighted by Gasteiger charge is -2.34. The van der Waals surface area contributed by atoms with E-state index in [0.29, 0.717) is 11.5 Å². The van der Waals surface area contributed by atoms with Crippen LogP contribution in [0.15, 0.2) is 35.8 Å². The number of Topliss-reactive ketones (excluding diaryl/α,β-unsaturated/α-hetero) is 1. The number of rotatable bonds is 4. The van der Waals surface area contributed by atoms with Crippen molar-refractivity contribution in [2.24, 2.45) is 11.8 Å². The molecule has 2 N–H and O–H groups in total. The molecule has 0 spiro atoms. The number of methoxy groups -OCH3 is 3. The van der Waals surface area contributed by atoms with Gasteiger partial charge >= 0.3 is 0 Å². The minimum atomic E-state index is -0.576. The van der Waals surface area contributed by atoms with E-state index >= 15 is 0 Å². The summed E-state index contributed by atoms with van der Waals surface area (Å²) in [5.41, 5.74) is 0.0674. The van der Waals surface area contributed by atoms with Crippen LogP contribution in [0.3, 0.4) is 0 Å². The maximum absolute atomic E-state index is 13.0. The van der Waals surface area contributed by atoms with Crippen LogP contribution in [0.25, 0.3) is 0 Å². The molecule has 7 nitrogen and oxygen atoms in total. The van der Waals surface area contributed by atoms with Crippen LogP contribution in [0.2, 0.25) is 0 Å². The van der Waals surface area contributed by atoms with Crippen LogP contribution in [0.1, 0.15) is 10.4 Å². The summed E-state index contributed by atoms with van der Waals surface area (Å²) in [7, 11) is 4.60. The van der Waals surface area contributed by atoms with Gasteiger partial charge in [0.1, 0.15) is 22.8 Å². The third kappa shape index (κ3) is 2.91. The van der Waals surface area contributed by atoms with Crippen molar-refractivity contribution in [3.63, 3.8) is 0 Å². The quantitative estimate of drug-likeness (QED) is 0.859. The average Bonchev–Trinajstić information content (AvgIpc) is 2.60. The molecular weight excluding hydrogens is 328 g/mol. The molecule has 7 heteroatoms. The SMILES string of the molecule is COC1=CC(OC)C(C2COc3cc(O)cc(O)c3C2=O)C=C1OC. The van der Waals surface area contributed by atoms with E-state index < -0.39 is 12.0 Å². The molecule has 0 saturated heterocycles. The molecule has 3 atom stereocenters. The number of ether oxygens (including phenoxy) is 4. The first kappa shape index (κ1) is 17.2. The van der Waals surface area contributed by atoms with Gasteiger partial charge in [-0.2, -0.15) is 0 Å². The molecule has 1 aliphatic heterocycles. The molecule has 0 aromatic heterocycles. The molecule has 0 radical (unpaired) electrons. The summed E-state index contributed by atoms with van der Waals surface area (Å²) in [6.07, 6.45) is 3.12. The van der Waals surface area contributed by atoms with Crippen molar-refractivity contribution in [3.05, 3.63) is 41.4 Å². The standard InChI is InChI=1S/C18H20O7/c1-22-13-7-15(24-3)14(23-2)6-10(13)11-8-25-16-5-9(19)4-12(20)17(16)18(11)21/h4-7,10-11,13,19-20H,8H2,1-3H3. The van der Waals surface area contributed by atoms with Crippen LogP contribution >= 0.6 is 0 Å². The molecule has 2 aliphatic rings. The maximum atomic E-state index is 13.0. The predicted octanol–water partition coefficient (Wildman–Crippen LogP) is 1.99. The molecule has 3 unspecified atom stereocenters. The van der Waals surface area contributed by atoms with Gasteiger partial charge in [0.2, 0.25) is 0 Å². The van der Waals surface area contributed by atoms with E-state index in [1.807, 2.05) is 0 Å². The van der Waals surface area contributed by atoms with E-state index in [1.54, 1.807) is 19.3 Å². The third-order valence-electron chi connectivity index (χ3n) is 4.53. The van der Waals surface area contributed by atoms with Crippen molar-refractivity contribution in [1.29, 1.82) is 0 Å². The van der Waals surface area contributed by atoms with Gasteiger partial charge in [0.05, 0.1) is 32.8 Å². The zero-order valence-electron chi connectivity index (χ0n) is 14.2. The Hall–Kier alpha value is -2.67. The number of phenolic OH excluding ortho intramolecular Hbond substituents is 2. The molecule has 0 saturated carbocycles. The predicted molar refractivity (Wildman–Crippen MR) is 87.6 cm³/mol. The summed E-state index contributed by atoms with van der Waals surface area (Å²) in [5.74, 6) is -0.459. The fourth-order valence-electron chi connectivity index (χ4n) is 3.28. The van der Waals surface area contributed by atoms with Gasteiger partial charge in [0.25, 0.3) is 0 Å². The van der Waals surface area contributed by atoms with Gasteiger partial charge in [-0.3, -0.25) is 4.79 Å². The minimum Gasteiger partial charge on any atom is -0.508 e. The normalized spacial score (nSPS) is 25.4. The largest absolute Gasteiger partial charge is 0.508 e. The fourth-order valence-corrected chi connectivity index (χ4v) is 3.28. The number of ketones is 1. The number of aromatic hydroxyl groups is 2. The lowest BCUT2D eigenvalue weighted by atomic mass is 9.78. The molecular formula is C18H20O7. The summed E-state index contributed by atoms with van der Waals surface area (Å²) in [6.45, 7) is 0.100. The van der Waals surface area contributed by atoms with Crippen molar-refractivity contribution >= 4 is 5.78 Å². The van der Waals surface area contributed by atoms with Crippen molar-refractivity contribution in [2.45, 2.75) is 6.10 Å². The van der Waals surface area contributed by atoms with Crippen LogP contribution in [-0.2, 0) is 14.2 Å². The number of hydrogen-bond donors (Lipinski definition) is 2. The zero-order valence-corrected chi connectivity index (χ0v) is 14.2. The van der Waals surface area contributed by atoms with E-state index in [2.05, 4.69) is 0 Å². The van der Waals surface area contributed by atoms with Gasteiger partial charge in [-0.25, -0.2) is 0 Å². The molecule has 1 aromatic carbocycles. The first-order chi connectivity index (χ1) is 12.0. The molecule has 3 rings (SSSR count). The second-order valence-electron chi connectivity index (χ2n) is 5.87. The first-order valence-electron chi connectivity index (χ1n) is 7.78. The summed E-state index contributed by atoms with van der Waals surface area (Å²) < 4.78 is 21.7. The van der Waals surface area contributed by atoms with Crippen LogP contribution < -0.4 is 4.74 Å². The first-order valence-corrected chi connectivity index (χ1v) is 7.78. The third-order valence-corrected chi connectivity index (χ3v) is 4.53. The number of hydrogen-bond acceptors (Lipinski definition) is 7. The smallest absolute Gasteiger partial charge is 0.177 e. The Balaban J connectivity index is 1.98. The minimum absolute atomic E-state index is 0.0674. The van der Waals surface area contributed by atoms with Crippen LogP contribution in [0, 0.1) is 11.8 Å². The van der Waals surface area contributed by atoms with Gasteiger partial charge < -0.3 is 29.2 Å². The molecule has 25 heavy (non-hydrogen) atoms. The Morgan fingerprint density at radius 2 is 1.76 bits per heavy atom. The number of carbonyl (C=O) groups is 1. The van der Waals surface area contributed by atoms with E-state index in [4.69, 9.17) is 18.9 Å². The van der Waals surface area contributed by atoms with Crippen LogP contribution in [0.5, 0.6) is 17.2 Å². The van der Waals surface area contributed by atoms with E-state index in [9.17, 15) is 15.0 Å². The summed E-state index contributed by atoms with van der Waals surface area (Å²) in [5, 5.41) is 19.6. The maximum Gasteiger partial charge on any atom is 0.177 e.